The van der Waals surface area contributed by atoms with Crippen LogP contribution in [0.3, 0.4) is 0 Å². The normalized spacial score (nSPS) is 11.2. The van der Waals surface area contributed by atoms with E-state index in [1.54, 1.807) is 0 Å². The fourth-order valence-corrected chi connectivity index (χ4v) is 3.14. The topological polar surface area (TPSA) is 17.8 Å². The van der Waals surface area contributed by atoms with Crippen LogP contribution in [-0.2, 0) is 0 Å². The van der Waals surface area contributed by atoms with Crippen LogP contribution in [0.15, 0.2) is 66.9 Å². The standard InChI is InChI=1S/C17H11N2.Al.H/c1-2-7-15-12(4-1)8-9-16(19-15)14-6-3-5-13-10-11-18-17(13)14;;/h1-11H;;/q-1;+1;. The van der Waals surface area contributed by atoms with Gasteiger partial charge in [0.2, 0.25) is 0 Å². The quantitative estimate of drug-likeness (QED) is 0.484. The minimum Gasteiger partial charge on any atom is -0.451 e. The van der Waals surface area contributed by atoms with E-state index in [0.29, 0.717) is 0 Å². The molecule has 2 nitrogen and oxygen atoms in total. The van der Waals surface area contributed by atoms with Crippen LogP contribution >= 0.6 is 0 Å². The van der Waals surface area contributed by atoms with Gasteiger partial charge in [0.15, 0.2) is 0 Å². The van der Waals surface area contributed by atoms with E-state index in [9.17, 15) is 0 Å². The molecule has 93 valence electrons. The zero-order chi connectivity index (χ0) is 13.5. The van der Waals surface area contributed by atoms with Gasteiger partial charge >= 0.3 is 16.5 Å². The second kappa shape index (κ2) is 4.49. The molecule has 20 heavy (non-hydrogen) atoms. The second-order valence-corrected chi connectivity index (χ2v) is 5.60. The van der Waals surface area contributed by atoms with E-state index in [2.05, 4.69) is 58.3 Å². The molecule has 0 aliphatic heterocycles. The van der Waals surface area contributed by atoms with E-state index in [-0.39, 0.29) is 0 Å². The van der Waals surface area contributed by atoms with Crippen molar-refractivity contribution in [2.75, 3.05) is 0 Å². The maximum absolute atomic E-state index is 4.81. The first kappa shape index (κ1) is 11.7. The van der Waals surface area contributed by atoms with E-state index in [1.807, 2.05) is 28.6 Å². The fraction of sp³-hybridized carbons (Fsp3) is 0. The average molecular weight is 271 g/mol. The number of pyridine rings is 1. The first-order valence-corrected chi connectivity index (χ1v) is 7.23. The average Bonchev–Trinajstić information content (AvgIpc) is 2.88. The molecular weight excluding hydrogens is 259 g/mol. The second-order valence-electron chi connectivity index (χ2n) is 4.92. The van der Waals surface area contributed by atoms with Crippen LogP contribution in [0.5, 0.6) is 0 Å². The van der Waals surface area contributed by atoms with Gasteiger partial charge < -0.3 is 3.55 Å². The minimum atomic E-state index is 1.03. The van der Waals surface area contributed by atoms with Gasteiger partial charge in [0, 0.05) is 16.5 Å². The highest BCUT2D eigenvalue weighted by Crippen LogP contribution is 2.28. The Kier molecular flexibility index (Phi) is 2.63. The molecule has 2 aromatic heterocycles. The summed E-state index contributed by atoms with van der Waals surface area (Å²) in [6.45, 7) is 0. The van der Waals surface area contributed by atoms with Crippen molar-refractivity contribution < 1.29 is 0 Å². The summed E-state index contributed by atoms with van der Waals surface area (Å²) in [4.78, 5) is 4.81. The number of aromatic nitrogens is 2. The third-order valence-corrected chi connectivity index (χ3v) is 4.19. The number of nitrogens with zero attached hydrogens (tertiary/aromatic N) is 2. The van der Waals surface area contributed by atoms with Crippen molar-refractivity contribution in [2.45, 2.75) is 0 Å². The summed E-state index contributed by atoms with van der Waals surface area (Å²) in [5.41, 5.74) is 4.50. The third-order valence-electron chi connectivity index (χ3n) is 3.66. The Morgan fingerprint density at radius 3 is 2.60 bits per heavy atom. The number of hydrogen-bond acceptors (Lipinski definition) is 1. The summed E-state index contributed by atoms with van der Waals surface area (Å²) in [7, 11) is 0. The molecule has 0 unspecified atom stereocenters. The maximum Gasteiger partial charge on any atom is 0.348 e. The Bertz CT molecular complexity index is 924. The largest absolute Gasteiger partial charge is 0.451 e. The van der Waals surface area contributed by atoms with Gasteiger partial charge in [0.1, 0.15) is 0 Å². The lowest BCUT2D eigenvalue weighted by atomic mass is 10.1. The molecule has 4 rings (SSSR count). The van der Waals surface area contributed by atoms with E-state index in [4.69, 9.17) is 4.98 Å². The molecule has 4 aromatic rings. The monoisotopic (exact) mass is 271 g/mol. The van der Waals surface area contributed by atoms with Crippen LogP contribution in [0.1, 0.15) is 0 Å². The van der Waals surface area contributed by atoms with Crippen molar-refractivity contribution in [3.8, 4) is 11.3 Å². The summed E-state index contributed by atoms with van der Waals surface area (Å²) in [5.74, 6) is 0. The van der Waals surface area contributed by atoms with E-state index in [1.165, 1.54) is 21.9 Å². The Hall–Kier alpha value is -2.08. The lowest BCUT2D eigenvalue weighted by molar-refractivity contribution is 1.31. The van der Waals surface area contributed by atoms with Gasteiger partial charge in [0.05, 0.1) is 11.2 Å². The van der Waals surface area contributed by atoms with Gasteiger partial charge in [-0.15, -0.1) is 0 Å². The van der Waals surface area contributed by atoms with E-state index in [0.717, 1.165) is 11.2 Å². The maximum atomic E-state index is 4.81. The predicted molar refractivity (Wildman–Crippen MR) is 85.2 cm³/mol. The molecule has 0 spiro atoms. The van der Waals surface area contributed by atoms with Crippen molar-refractivity contribution in [1.29, 1.82) is 0 Å². The van der Waals surface area contributed by atoms with Crippen molar-refractivity contribution in [3.05, 3.63) is 66.9 Å². The lowest BCUT2D eigenvalue weighted by Gasteiger charge is -2.08. The van der Waals surface area contributed by atoms with Crippen molar-refractivity contribution >= 4 is 38.3 Å². The first-order chi connectivity index (χ1) is 9.83. The van der Waals surface area contributed by atoms with Crippen LogP contribution < -0.4 is 0 Å². The first-order valence-electron chi connectivity index (χ1n) is 6.60. The molecule has 0 atom stereocenters. The Morgan fingerprint density at radius 2 is 1.65 bits per heavy atom. The SMILES string of the molecule is [AlH][n]1ccc2cccc(-c3ccc4ccccc4n3)c21. The number of benzene rings is 2. The molecule has 0 saturated heterocycles. The Morgan fingerprint density at radius 1 is 0.800 bits per heavy atom. The zero-order valence-electron chi connectivity index (χ0n) is 11.0. The van der Waals surface area contributed by atoms with Gasteiger partial charge in [-0.3, -0.25) is 0 Å². The smallest absolute Gasteiger partial charge is 0.348 e. The molecular formula is C17H12AlN2. The summed E-state index contributed by atoms with van der Waals surface area (Å²) in [6, 6.07) is 21.0. The molecule has 0 bridgehead atoms. The summed E-state index contributed by atoms with van der Waals surface area (Å²) >= 11 is 1.86. The zero-order valence-corrected chi connectivity index (χ0v) is 12.4. The van der Waals surface area contributed by atoms with Crippen molar-refractivity contribution in [2.24, 2.45) is 0 Å². The molecule has 2 aromatic carbocycles. The molecule has 0 N–H and O–H groups in total. The van der Waals surface area contributed by atoms with E-state index >= 15 is 0 Å². The minimum absolute atomic E-state index is 1.03. The van der Waals surface area contributed by atoms with Crippen molar-refractivity contribution in [1.82, 2.24) is 8.53 Å². The summed E-state index contributed by atoms with van der Waals surface area (Å²) in [5, 5.41) is 2.43. The van der Waals surface area contributed by atoms with Crippen LogP contribution in [-0.4, -0.2) is 25.0 Å². The molecule has 1 radical (unpaired) electrons. The third kappa shape index (κ3) is 1.76. The van der Waals surface area contributed by atoms with Gasteiger partial charge in [-0.1, -0.05) is 42.5 Å². The van der Waals surface area contributed by atoms with Gasteiger partial charge in [0.25, 0.3) is 0 Å². The van der Waals surface area contributed by atoms with Crippen LogP contribution in [0.4, 0.5) is 0 Å². The number of hydrogen-bond donors (Lipinski definition) is 0. The molecule has 0 aliphatic carbocycles. The predicted octanol–water partition coefficient (Wildman–Crippen LogP) is 3.52. The number of fused-ring (bicyclic) bond motifs is 2. The molecule has 2 heterocycles. The molecule has 0 amide bonds. The number of para-hydroxylation sites is 2. The molecule has 0 aliphatic rings. The highest BCUT2D eigenvalue weighted by Gasteiger charge is 2.07. The Labute approximate surface area is 125 Å². The lowest BCUT2D eigenvalue weighted by Crippen LogP contribution is -1.92. The fourth-order valence-electron chi connectivity index (χ4n) is 2.68. The Balaban J connectivity index is 2.03. The highest BCUT2D eigenvalue weighted by atomic mass is 27.1. The summed E-state index contributed by atoms with van der Waals surface area (Å²) in [6.07, 6.45) is 2.10. The van der Waals surface area contributed by atoms with Crippen LogP contribution in [0.2, 0.25) is 0 Å². The van der Waals surface area contributed by atoms with E-state index < -0.39 is 0 Å². The van der Waals surface area contributed by atoms with Crippen molar-refractivity contribution in [3.63, 3.8) is 0 Å². The molecule has 0 saturated carbocycles. The molecule has 3 heteroatoms. The van der Waals surface area contributed by atoms with Gasteiger partial charge in [-0.05, 0) is 29.8 Å². The number of rotatable bonds is 1. The van der Waals surface area contributed by atoms with Gasteiger partial charge in [-0.2, -0.15) is 0 Å². The van der Waals surface area contributed by atoms with Crippen LogP contribution in [0.25, 0.3) is 33.1 Å². The van der Waals surface area contributed by atoms with Gasteiger partial charge in [-0.25, -0.2) is 4.98 Å². The molecule has 0 fully saturated rings. The highest BCUT2D eigenvalue weighted by molar-refractivity contribution is 6.13. The summed E-state index contributed by atoms with van der Waals surface area (Å²) < 4.78 is 2.18. The van der Waals surface area contributed by atoms with Crippen LogP contribution in [0, 0.1) is 0 Å².